The molecule has 2 aliphatic rings. The third-order valence-electron chi connectivity index (χ3n) is 4.11. The first-order chi connectivity index (χ1) is 10.8. The van der Waals surface area contributed by atoms with Gasteiger partial charge in [0.25, 0.3) is 0 Å². The Bertz CT molecular complexity index is 570. The van der Waals surface area contributed by atoms with Crippen molar-refractivity contribution in [2.75, 3.05) is 31.1 Å². The maximum atomic E-state index is 12.0. The molecule has 0 unspecified atom stereocenters. The molecule has 0 atom stereocenters. The van der Waals surface area contributed by atoms with Crippen LogP contribution in [0.5, 0.6) is 0 Å². The lowest BCUT2D eigenvalue weighted by Gasteiger charge is -2.35. The summed E-state index contributed by atoms with van der Waals surface area (Å²) in [6, 6.07) is 0. The van der Waals surface area contributed by atoms with Crippen LogP contribution in [0.25, 0.3) is 0 Å². The van der Waals surface area contributed by atoms with Crippen LogP contribution in [0.2, 0.25) is 0 Å². The second-order valence-corrected chi connectivity index (χ2v) is 7.26. The molecule has 0 aromatic carbocycles. The van der Waals surface area contributed by atoms with E-state index in [4.69, 9.17) is 4.74 Å². The van der Waals surface area contributed by atoms with E-state index in [0.29, 0.717) is 32.1 Å². The second kappa shape index (κ2) is 5.63. The van der Waals surface area contributed by atoms with Gasteiger partial charge in [-0.1, -0.05) is 0 Å². The number of amides is 1. The van der Waals surface area contributed by atoms with Gasteiger partial charge in [-0.3, -0.25) is 0 Å². The van der Waals surface area contributed by atoms with Gasteiger partial charge in [-0.25, -0.2) is 14.8 Å². The summed E-state index contributed by atoms with van der Waals surface area (Å²) in [6.45, 7) is 8.11. The van der Waals surface area contributed by atoms with Crippen LogP contribution in [0.4, 0.5) is 10.7 Å². The largest absolute Gasteiger partial charge is 0.444 e. The van der Waals surface area contributed by atoms with Gasteiger partial charge < -0.3 is 19.6 Å². The molecule has 1 aromatic rings. The van der Waals surface area contributed by atoms with Gasteiger partial charge in [0.2, 0.25) is 5.95 Å². The molecule has 2 fully saturated rings. The summed E-state index contributed by atoms with van der Waals surface area (Å²) in [6.07, 6.45) is 4.70. The molecule has 1 aliphatic carbocycles. The van der Waals surface area contributed by atoms with E-state index in [-0.39, 0.29) is 6.09 Å². The molecule has 0 radical (unpaired) electrons. The number of ether oxygens (including phenoxy) is 1. The van der Waals surface area contributed by atoms with Crippen LogP contribution in [-0.2, 0) is 10.3 Å². The van der Waals surface area contributed by atoms with Crippen molar-refractivity contribution in [3.05, 3.63) is 18.0 Å². The normalized spacial score (nSPS) is 20.3. The summed E-state index contributed by atoms with van der Waals surface area (Å²) in [7, 11) is 0. The fourth-order valence-corrected chi connectivity index (χ4v) is 2.55. The van der Waals surface area contributed by atoms with Crippen molar-refractivity contribution in [2.24, 2.45) is 0 Å². The minimum Gasteiger partial charge on any atom is -0.444 e. The lowest BCUT2D eigenvalue weighted by Crippen LogP contribution is -2.50. The summed E-state index contributed by atoms with van der Waals surface area (Å²) in [5, 5.41) is 10.0. The zero-order valence-corrected chi connectivity index (χ0v) is 13.9. The molecule has 1 aromatic heterocycles. The van der Waals surface area contributed by atoms with Crippen molar-refractivity contribution >= 4 is 12.0 Å². The fourth-order valence-electron chi connectivity index (χ4n) is 2.55. The van der Waals surface area contributed by atoms with E-state index < -0.39 is 11.2 Å². The van der Waals surface area contributed by atoms with Crippen molar-refractivity contribution in [1.82, 2.24) is 14.9 Å². The Balaban J connectivity index is 1.55. The SMILES string of the molecule is CC(C)(C)OC(=O)N1CCN(c2ncc(C3(O)CC3)cn2)CC1. The molecular weight excluding hydrogens is 296 g/mol. The standard InChI is InChI=1S/C16H24N4O3/c1-15(2,3)23-14(21)20-8-6-19(7-9-20)13-17-10-12(11-18-13)16(22)4-5-16/h10-11,22H,4-9H2,1-3H3. The Kier molecular flexibility index (Phi) is 3.91. The Morgan fingerprint density at radius 2 is 1.74 bits per heavy atom. The van der Waals surface area contributed by atoms with Crippen LogP contribution in [0.1, 0.15) is 39.2 Å². The highest BCUT2D eigenvalue weighted by Gasteiger charge is 2.42. The molecule has 1 N–H and O–H groups in total. The van der Waals surface area contributed by atoms with Gasteiger partial charge in [-0.15, -0.1) is 0 Å². The van der Waals surface area contributed by atoms with Crippen LogP contribution < -0.4 is 4.90 Å². The molecule has 1 aliphatic heterocycles. The van der Waals surface area contributed by atoms with Crippen LogP contribution in [0, 0.1) is 0 Å². The highest BCUT2D eigenvalue weighted by molar-refractivity contribution is 5.68. The highest BCUT2D eigenvalue weighted by Crippen LogP contribution is 2.44. The maximum absolute atomic E-state index is 12.0. The maximum Gasteiger partial charge on any atom is 0.410 e. The summed E-state index contributed by atoms with van der Waals surface area (Å²) in [4.78, 5) is 24.5. The average Bonchev–Trinajstić information content (AvgIpc) is 3.25. The predicted molar refractivity (Wildman–Crippen MR) is 85.2 cm³/mol. The van der Waals surface area contributed by atoms with Crippen molar-refractivity contribution in [1.29, 1.82) is 0 Å². The Hall–Kier alpha value is -1.89. The number of anilines is 1. The minimum atomic E-state index is -0.700. The second-order valence-electron chi connectivity index (χ2n) is 7.26. The van der Waals surface area contributed by atoms with E-state index in [2.05, 4.69) is 9.97 Å². The highest BCUT2D eigenvalue weighted by atomic mass is 16.6. The predicted octanol–water partition coefficient (Wildman–Crippen LogP) is 1.52. The van der Waals surface area contributed by atoms with E-state index in [0.717, 1.165) is 18.4 Å². The molecule has 1 saturated heterocycles. The first-order valence-electron chi connectivity index (χ1n) is 8.05. The number of carbonyl (C=O) groups excluding carboxylic acids is 1. The minimum absolute atomic E-state index is 0.274. The van der Waals surface area contributed by atoms with E-state index >= 15 is 0 Å². The number of hydrogen-bond donors (Lipinski definition) is 1. The van der Waals surface area contributed by atoms with Gasteiger partial charge in [0.15, 0.2) is 0 Å². The number of piperazine rings is 1. The lowest BCUT2D eigenvalue weighted by molar-refractivity contribution is 0.0240. The first-order valence-corrected chi connectivity index (χ1v) is 8.05. The summed E-state index contributed by atoms with van der Waals surface area (Å²) in [5.74, 6) is 0.641. The van der Waals surface area contributed by atoms with Crippen molar-refractivity contribution in [3.63, 3.8) is 0 Å². The van der Waals surface area contributed by atoms with Crippen LogP contribution in [0.3, 0.4) is 0 Å². The third-order valence-corrected chi connectivity index (χ3v) is 4.11. The quantitative estimate of drug-likeness (QED) is 0.890. The van der Waals surface area contributed by atoms with E-state index in [9.17, 15) is 9.90 Å². The smallest absolute Gasteiger partial charge is 0.410 e. The topological polar surface area (TPSA) is 78.8 Å². The Morgan fingerprint density at radius 1 is 1.17 bits per heavy atom. The van der Waals surface area contributed by atoms with Gasteiger partial charge in [0.05, 0.1) is 5.60 Å². The Labute approximate surface area is 136 Å². The molecular formula is C16H24N4O3. The number of aliphatic hydroxyl groups is 1. The van der Waals surface area contributed by atoms with Gasteiger partial charge >= 0.3 is 6.09 Å². The zero-order chi connectivity index (χ0) is 16.7. The van der Waals surface area contributed by atoms with Gasteiger partial charge in [0.1, 0.15) is 5.60 Å². The van der Waals surface area contributed by atoms with Gasteiger partial charge in [-0.05, 0) is 33.6 Å². The fraction of sp³-hybridized carbons (Fsp3) is 0.688. The van der Waals surface area contributed by atoms with E-state index in [1.54, 1.807) is 17.3 Å². The zero-order valence-electron chi connectivity index (χ0n) is 13.9. The number of nitrogens with zero attached hydrogens (tertiary/aromatic N) is 4. The summed E-state index contributed by atoms with van der Waals surface area (Å²) < 4.78 is 5.39. The van der Waals surface area contributed by atoms with E-state index in [1.807, 2.05) is 25.7 Å². The molecule has 126 valence electrons. The molecule has 0 bridgehead atoms. The number of hydrogen-bond acceptors (Lipinski definition) is 6. The molecule has 23 heavy (non-hydrogen) atoms. The monoisotopic (exact) mass is 320 g/mol. The average molecular weight is 320 g/mol. The molecule has 7 nitrogen and oxygen atoms in total. The molecule has 7 heteroatoms. The lowest BCUT2D eigenvalue weighted by atomic mass is 10.2. The van der Waals surface area contributed by atoms with Crippen LogP contribution in [0.15, 0.2) is 12.4 Å². The first kappa shape index (κ1) is 16.0. The molecule has 0 spiro atoms. The van der Waals surface area contributed by atoms with Crippen molar-refractivity contribution in [2.45, 2.75) is 44.8 Å². The Morgan fingerprint density at radius 3 is 2.22 bits per heavy atom. The van der Waals surface area contributed by atoms with Crippen LogP contribution >= 0.6 is 0 Å². The number of aromatic nitrogens is 2. The van der Waals surface area contributed by atoms with Crippen molar-refractivity contribution in [3.8, 4) is 0 Å². The third kappa shape index (κ3) is 3.72. The summed E-state index contributed by atoms with van der Waals surface area (Å²) in [5.41, 5.74) is -0.391. The number of rotatable bonds is 2. The van der Waals surface area contributed by atoms with E-state index in [1.165, 1.54) is 0 Å². The molecule has 2 heterocycles. The van der Waals surface area contributed by atoms with Gasteiger partial charge in [-0.2, -0.15) is 0 Å². The molecule has 1 saturated carbocycles. The molecule has 3 rings (SSSR count). The summed E-state index contributed by atoms with van der Waals surface area (Å²) >= 11 is 0. The van der Waals surface area contributed by atoms with Gasteiger partial charge in [0, 0.05) is 44.1 Å². The molecule has 1 amide bonds. The van der Waals surface area contributed by atoms with Crippen LogP contribution in [-0.4, -0.2) is 57.8 Å². The van der Waals surface area contributed by atoms with Crippen molar-refractivity contribution < 1.29 is 14.6 Å². The number of carbonyl (C=O) groups is 1.